The molecule has 0 saturated carbocycles. The van der Waals surface area contributed by atoms with Crippen molar-refractivity contribution in [2.45, 2.75) is 33.2 Å². The van der Waals surface area contributed by atoms with Crippen LogP contribution in [0.2, 0.25) is 0 Å². The van der Waals surface area contributed by atoms with Gasteiger partial charge in [0, 0.05) is 25.1 Å². The van der Waals surface area contributed by atoms with Gasteiger partial charge in [-0.2, -0.15) is 0 Å². The van der Waals surface area contributed by atoms with Crippen LogP contribution >= 0.6 is 0 Å². The number of amides is 3. The van der Waals surface area contributed by atoms with Crippen LogP contribution < -0.4 is 10.9 Å². The number of benzene rings is 1. The summed E-state index contributed by atoms with van der Waals surface area (Å²) in [7, 11) is 0. The highest BCUT2D eigenvalue weighted by Gasteiger charge is 2.20. The van der Waals surface area contributed by atoms with Gasteiger partial charge >= 0.3 is 0 Å². The standard InChI is InChI=1S/C19H21N3O4/c1-12-9-16(13(2)26-12)19(25)21-20-18(24)15-6-3-5-14(10-15)11-22-8-4-7-17(22)23/h3,5-6,9-10H,4,7-8,11H2,1-2H3,(H,20,24)(H,21,25). The van der Waals surface area contributed by atoms with Crippen molar-refractivity contribution >= 4 is 17.7 Å². The van der Waals surface area contributed by atoms with E-state index < -0.39 is 11.8 Å². The van der Waals surface area contributed by atoms with Crippen molar-refractivity contribution < 1.29 is 18.8 Å². The molecule has 1 fully saturated rings. The summed E-state index contributed by atoms with van der Waals surface area (Å²) >= 11 is 0. The van der Waals surface area contributed by atoms with E-state index in [2.05, 4.69) is 10.9 Å². The van der Waals surface area contributed by atoms with Gasteiger partial charge in [-0.15, -0.1) is 0 Å². The molecule has 0 radical (unpaired) electrons. The zero-order valence-electron chi connectivity index (χ0n) is 14.8. The summed E-state index contributed by atoms with van der Waals surface area (Å²) in [6, 6.07) is 8.63. The summed E-state index contributed by atoms with van der Waals surface area (Å²) in [5.41, 5.74) is 6.46. The molecule has 2 heterocycles. The molecule has 0 bridgehead atoms. The van der Waals surface area contributed by atoms with E-state index in [-0.39, 0.29) is 5.91 Å². The fourth-order valence-electron chi connectivity index (χ4n) is 3.01. The normalized spacial score (nSPS) is 13.8. The second-order valence-electron chi connectivity index (χ2n) is 6.35. The molecule has 1 aromatic carbocycles. The lowest BCUT2D eigenvalue weighted by atomic mass is 10.1. The van der Waals surface area contributed by atoms with Crippen LogP contribution in [0, 0.1) is 13.8 Å². The van der Waals surface area contributed by atoms with Gasteiger partial charge in [-0.3, -0.25) is 25.2 Å². The average molecular weight is 355 g/mol. The molecule has 3 rings (SSSR count). The Morgan fingerprint density at radius 2 is 1.92 bits per heavy atom. The van der Waals surface area contributed by atoms with Crippen LogP contribution in [0.25, 0.3) is 0 Å². The first-order chi connectivity index (χ1) is 12.4. The van der Waals surface area contributed by atoms with Crippen LogP contribution in [0.15, 0.2) is 34.7 Å². The molecule has 1 saturated heterocycles. The van der Waals surface area contributed by atoms with Crippen molar-refractivity contribution in [3.63, 3.8) is 0 Å². The molecule has 26 heavy (non-hydrogen) atoms. The molecule has 0 atom stereocenters. The number of carbonyl (C=O) groups is 3. The van der Waals surface area contributed by atoms with E-state index in [1.165, 1.54) is 0 Å². The summed E-state index contributed by atoms with van der Waals surface area (Å²) in [6.45, 7) is 4.67. The lowest BCUT2D eigenvalue weighted by Crippen LogP contribution is -2.41. The topological polar surface area (TPSA) is 91.7 Å². The minimum Gasteiger partial charge on any atom is -0.466 e. The Morgan fingerprint density at radius 1 is 1.15 bits per heavy atom. The molecule has 0 unspecified atom stereocenters. The molecular formula is C19H21N3O4. The first-order valence-corrected chi connectivity index (χ1v) is 8.48. The predicted octanol–water partition coefficient (Wildman–Crippen LogP) is 2.09. The zero-order chi connectivity index (χ0) is 18.7. The summed E-state index contributed by atoms with van der Waals surface area (Å²) in [4.78, 5) is 37.9. The summed E-state index contributed by atoms with van der Waals surface area (Å²) in [6.07, 6.45) is 1.46. The number of nitrogens with zero attached hydrogens (tertiary/aromatic N) is 1. The first kappa shape index (κ1) is 17.7. The summed E-state index contributed by atoms with van der Waals surface area (Å²) in [5.74, 6) is 0.393. The molecule has 3 amide bonds. The van der Waals surface area contributed by atoms with E-state index in [1.807, 2.05) is 6.07 Å². The Balaban J connectivity index is 1.61. The third kappa shape index (κ3) is 3.93. The molecule has 136 valence electrons. The fraction of sp³-hybridized carbons (Fsp3) is 0.316. The summed E-state index contributed by atoms with van der Waals surface area (Å²) < 4.78 is 5.31. The minimum atomic E-state index is -0.438. The molecule has 1 aliphatic heterocycles. The molecule has 1 aromatic heterocycles. The van der Waals surface area contributed by atoms with Gasteiger partial charge in [0.05, 0.1) is 5.56 Å². The minimum absolute atomic E-state index is 0.137. The largest absolute Gasteiger partial charge is 0.466 e. The lowest BCUT2D eigenvalue weighted by Gasteiger charge is -2.16. The maximum absolute atomic E-state index is 12.3. The molecule has 0 aliphatic carbocycles. The number of hydrogen-bond acceptors (Lipinski definition) is 4. The van der Waals surface area contributed by atoms with E-state index in [4.69, 9.17) is 4.42 Å². The van der Waals surface area contributed by atoms with Crippen molar-refractivity contribution in [1.29, 1.82) is 0 Å². The quantitative estimate of drug-likeness (QED) is 0.822. The lowest BCUT2D eigenvalue weighted by molar-refractivity contribution is -0.128. The maximum atomic E-state index is 12.3. The highest BCUT2D eigenvalue weighted by Crippen LogP contribution is 2.15. The van der Waals surface area contributed by atoms with Gasteiger partial charge in [0.2, 0.25) is 5.91 Å². The highest BCUT2D eigenvalue weighted by molar-refractivity contribution is 5.99. The first-order valence-electron chi connectivity index (χ1n) is 8.48. The molecule has 2 aromatic rings. The number of aryl methyl sites for hydroxylation is 2. The number of furan rings is 1. The second-order valence-corrected chi connectivity index (χ2v) is 6.35. The van der Waals surface area contributed by atoms with Crippen molar-refractivity contribution in [2.24, 2.45) is 0 Å². The van der Waals surface area contributed by atoms with Gasteiger partial charge in [-0.25, -0.2) is 0 Å². The Labute approximate surface area is 151 Å². The van der Waals surface area contributed by atoms with Gasteiger partial charge in [0.1, 0.15) is 11.5 Å². The Kier molecular flexibility index (Phi) is 5.06. The van der Waals surface area contributed by atoms with Crippen molar-refractivity contribution in [1.82, 2.24) is 15.8 Å². The van der Waals surface area contributed by atoms with E-state index in [0.717, 1.165) is 18.5 Å². The van der Waals surface area contributed by atoms with Gasteiger partial charge in [0.15, 0.2) is 0 Å². The highest BCUT2D eigenvalue weighted by atomic mass is 16.3. The fourth-order valence-corrected chi connectivity index (χ4v) is 3.01. The number of rotatable bonds is 4. The molecule has 7 heteroatoms. The SMILES string of the molecule is Cc1cc(C(=O)NNC(=O)c2cccc(CN3CCCC3=O)c2)c(C)o1. The number of likely N-dealkylation sites (tertiary alicyclic amines) is 1. The van der Waals surface area contributed by atoms with Crippen LogP contribution in [0.3, 0.4) is 0 Å². The zero-order valence-corrected chi connectivity index (χ0v) is 14.8. The van der Waals surface area contributed by atoms with Crippen LogP contribution in [0.1, 0.15) is 50.6 Å². The van der Waals surface area contributed by atoms with E-state index in [0.29, 0.717) is 35.6 Å². The Bertz CT molecular complexity index is 856. The molecule has 0 spiro atoms. The van der Waals surface area contributed by atoms with Crippen LogP contribution in [0.5, 0.6) is 0 Å². The van der Waals surface area contributed by atoms with Crippen LogP contribution in [-0.4, -0.2) is 29.2 Å². The molecule has 2 N–H and O–H groups in total. The predicted molar refractivity (Wildman–Crippen MR) is 94.2 cm³/mol. The van der Waals surface area contributed by atoms with E-state index in [9.17, 15) is 14.4 Å². The number of hydrogen-bond donors (Lipinski definition) is 2. The van der Waals surface area contributed by atoms with E-state index in [1.54, 1.807) is 43.0 Å². The van der Waals surface area contributed by atoms with Crippen LogP contribution in [0.4, 0.5) is 0 Å². The monoisotopic (exact) mass is 355 g/mol. The summed E-state index contributed by atoms with van der Waals surface area (Å²) in [5, 5.41) is 0. The molecule has 1 aliphatic rings. The molecule has 7 nitrogen and oxygen atoms in total. The number of carbonyl (C=O) groups excluding carboxylic acids is 3. The number of hydrazine groups is 1. The van der Waals surface area contributed by atoms with E-state index >= 15 is 0 Å². The average Bonchev–Trinajstić information content (AvgIpc) is 3.17. The maximum Gasteiger partial charge on any atom is 0.273 e. The number of nitrogens with one attached hydrogen (secondary N) is 2. The van der Waals surface area contributed by atoms with Gasteiger partial charge < -0.3 is 9.32 Å². The Hall–Kier alpha value is -3.09. The smallest absolute Gasteiger partial charge is 0.273 e. The van der Waals surface area contributed by atoms with Crippen molar-refractivity contribution in [2.75, 3.05) is 6.54 Å². The van der Waals surface area contributed by atoms with Gasteiger partial charge in [0.25, 0.3) is 11.8 Å². The third-order valence-corrected chi connectivity index (χ3v) is 4.31. The van der Waals surface area contributed by atoms with Gasteiger partial charge in [-0.1, -0.05) is 12.1 Å². The Morgan fingerprint density at radius 3 is 2.58 bits per heavy atom. The van der Waals surface area contributed by atoms with Gasteiger partial charge in [-0.05, 0) is 44.0 Å². The third-order valence-electron chi connectivity index (χ3n) is 4.31. The van der Waals surface area contributed by atoms with Crippen molar-refractivity contribution in [3.8, 4) is 0 Å². The molecular weight excluding hydrogens is 334 g/mol. The van der Waals surface area contributed by atoms with Crippen molar-refractivity contribution in [3.05, 3.63) is 58.5 Å². The van der Waals surface area contributed by atoms with Crippen LogP contribution in [-0.2, 0) is 11.3 Å². The second kappa shape index (κ2) is 7.43.